The topological polar surface area (TPSA) is 38.4 Å². The molecule has 3 aromatic rings. The van der Waals surface area contributed by atoms with E-state index in [1.807, 2.05) is 19.1 Å². The Morgan fingerprint density at radius 1 is 1.00 bits per heavy atom. The van der Waals surface area contributed by atoms with Crippen molar-refractivity contribution in [2.24, 2.45) is 4.99 Å². The van der Waals surface area contributed by atoms with Crippen molar-refractivity contribution in [1.29, 1.82) is 0 Å². The number of nitrogens with zero attached hydrogens (tertiary/aromatic N) is 2. The van der Waals surface area contributed by atoms with Crippen molar-refractivity contribution in [3.63, 3.8) is 0 Å². The van der Waals surface area contributed by atoms with Crippen LogP contribution in [0.2, 0.25) is 15.1 Å². The van der Waals surface area contributed by atoms with Gasteiger partial charge in [0, 0.05) is 16.8 Å². The summed E-state index contributed by atoms with van der Waals surface area (Å²) in [6.45, 7) is 1.81. The number of aromatic nitrogens is 1. The van der Waals surface area contributed by atoms with Crippen LogP contribution in [0.3, 0.4) is 0 Å². The number of hydrogen-bond donors (Lipinski definition) is 0. The number of aliphatic imine (C=N–C) groups is 1. The monoisotopic (exact) mass is 364 g/mol. The first-order valence-corrected chi connectivity index (χ1v) is 7.90. The molecule has 0 radical (unpaired) electrons. The summed E-state index contributed by atoms with van der Waals surface area (Å²) in [5.41, 5.74) is 2.70. The molecule has 0 bridgehead atoms. The Kier molecular flexibility index (Phi) is 4.71. The largest absolute Gasteiger partial charge is 0.360 e. The molecule has 0 N–H and O–H groups in total. The van der Waals surface area contributed by atoms with Crippen molar-refractivity contribution in [1.82, 2.24) is 5.16 Å². The molecule has 0 aliphatic rings. The van der Waals surface area contributed by atoms with E-state index < -0.39 is 0 Å². The lowest BCUT2D eigenvalue weighted by atomic mass is 10.1. The molecule has 116 valence electrons. The van der Waals surface area contributed by atoms with E-state index in [1.54, 1.807) is 36.5 Å². The standard InChI is InChI=1S/C17H11Cl3N2O/c1-10-13(9-21-12-7-5-11(18)6-8-12)17(22-23-10)16-14(19)3-2-4-15(16)20/h2-9H,1H3. The van der Waals surface area contributed by atoms with Gasteiger partial charge in [0.15, 0.2) is 0 Å². The van der Waals surface area contributed by atoms with Crippen LogP contribution >= 0.6 is 34.8 Å². The van der Waals surface area contributed by atoms with E-state index in [0.717, 1.165) is 11.3 Å². The van der Waals surface area contributed by atoms with Crippen LogP contribution in [-0.2, 0) is 0 Å². The Morgan fingerprint density at radius 3 is 2.30 bits per heavy atom. The van der Waals surface area contributed by atoms with Crippen LogP contribution in [0.4, 0.5) is 5.69 Å². The van der Waals surface area contributed by atoms with Gasteiger partial charge in [-0.3, -0.25) is 4.99 Å². The van der Waals surface area contributed by atoms with Gasteiger partial charge in [0.05, 0.1) is 21.3 Å². The second-order valence-corrected chi connectivity index (χ2v) is 6.08. The SMILES string of the molecule is Cc1onc(-c2c(Cl)cccc2Cl)c1C=Nc1ccc(Cl)cc1. The van der Waals surface area contributed by atoms with E-state index in [1.165, 1.54) is 0 Å². The second kappa shape index (κ2) is 6.75. The van der Waals surface area contributed by atoms with E-state index in [0.29, 0.717) is 32.1 Å². The van der Waals surface area contributed by atoms with Gasteiger partial charge in [-0.05, 0) is 43.3 Å². The Morgan fingerprint density at radius 2 is 1.65 bits per heavy atom. The Balaban J connectivity index is 2.04. The second-order valence-electron chi connectivity index (χ2n) is 4.83. The summed E-state index contributed by atoms with van der Waals surface area (Å²) in [6.07, 6.45) is 1.68. The van der Waals surface area contributed by atoms with Gasteiger partial charge in [-0.2, -0.15) is 0 Å². The lowest BCUT2D eigenvalue weighted by molar-refractivity contribution is 0.399. The maximum atomic E-state index is 6.25. The lowest BCUT2D eigenvalue weighted by Gasteiger charge is -2.04. The van der Waals surface area contributed by atoms with E-state index in [2.05, 4.69) is 10.1 Å². The van der Waals surface area contributed by atoms with Crippen LogP contribution in [0.5, 0.6) is 0 Å². The van der Waals surface area contributed by atoms with E-state index in [-0.39, 0.29) is 0 Å². The summed E-state index contributed by atoms with van der Waals surface area (Å²) in [6, 6.07) is 12.5. The minimum atomic E-state index is 0.506. The Bertz CT molecular complexity index is 850. The third kappa shape index (κ3) is 3.42. The smallest absolute Gasteiger partial charge is 0.143 e. The van der Waals surface area contributed by atoms with Gasteiger partial charge in [-0.25, -0.2) is 0 Å². The minimum Gasteiger partial charge on any atom is -0.360 e. The van der Waals surface area contributed by atoms with Crippen LogP contribution in [0.1, 0.15) is 11.3 Å². The lowest BCUT2D eigenvalue weighted by Crippen LogP contribution is -1.89. The van der Waals surface area contributed by atoms with E-state index in [4.69, 9.17) is 39.3 Å². The molecule has 0 fully saturated rings. The molecule has 1 heterocycles. The highest BCUT2D eigenvalue weighted by Crippen LogP contribution is 2.36. The fourth-order valence-electron chi connectivity index (χ4n) is 2.10. The highest BCUT2D eigenvalue weighted by molar-refractivity contribution is 6.39. The minimum absolute atomic E-state index is 0.506. The number of hydrogen-bond acceptors (Lipinski definition) is 3. The predicted octanol–water partition coefficient (Wildman–Crippen LogP) is 6.36. The molecule has 0 unspecified atom stereocenters. The van der Waals surface area contributed by atoms with Crippen molar-refractivity contribution < 1.29 is 4.52 Å². The molecule has 0 aliphatic carbocycles. The van der Waals surface area contributed by atoms with Gasteiger partial charge < -0.3 is 4.52 Å². The van der Waals surface area contributed by atoms with Crippen LogP contribution < -0.4 is 0 Å². The first-order chi connectivity index (χ1) is 11.1. The molecule has 0 saturated carbocycles. The summed E-state index contributed by atoms with van der Waals surface area (Å²) in [5.74, 6) is 0.633. The van der Waals surface area contributed by atoms with Gasteiger partial charge >= 0.3 is 0 Å². The number of aryl methyl sites for hydroxylation is 1. The third-order valence-corrected chi connectivity index (χ3v) is 4.16. The molecule has 3 nitrogen and oxygen atoms in total. The number of benzene rings is 2. The molecule has 0 aliphatic heterocycles. The van der Waals surface area contributed by atoms with E-state index >= 15 is 0 Å². The molecule has 0 amide bonds. The van der Waals surface area contributed by atoms with E-state index in [9.17, 15) is 0 Å². The van der Waals surface area contributed by atoms with Gasteiger partial charge in [0.1, 0.15) is 11.5 Å². The zero-order chi connectivity index (χ0) is 16.4. The Labute approximate surface area is 148 Å². The van der Waals surface area contributed by atoms with Crippen molar-refractivity contribution in [2.45, 2.75) is 6.92 Å². The quantitative estimate of drug-likeness (QED) is 0.506. The summed E-state index contributed by atoms with van der Waals surface area (Å²) < 4.78 is 5.29. The average molecular weight is 366 g/mol. The van der Waals surface area contributed by atoms with Crippen molar-refractivity contribution >= 4 is 46.7 Å². The molecular formula is C17H11Cl3N2O. The highest BCUT2D eigenvalue weighted by atomic mass is 35.5. The molecule has 3 rings (SSSR count). The first kappa shape index (κ1) is 16.1. The van der Waals surface area contributed by atoms with Crippen molar-refractivity contribution in [3.8, 4) is 11.3 Å². The zero-order valence-electron chi connectivity index (χ0n) is 12.1. The molecule has 0 spiro atoms. The van der Waals surface area contributed by atoms with Crippen LogP contribution in [0.25, 0.3) is 11.3 Å². The molecule has 2 aromatic carbocycles. The van der Waals surface area contributed by atoms with Crippen LogP contribution in [0.15, 0.2) is 52.0 Å². The summed E-state index contributed by atoms with van der Waals surface area (Å²) in [4.78, 5) is 4.43. The molecule has 6 heteroatoms. The molecular weight excluding hydrogens is 355 g/mol. The molecule has 0 atom stereocenters. The average Bonchev–Trinajstić information content (AvgIpc) is 2.88. The number of rotatable bonds is 3. The van der Waals surface area contributed by atoms with Gasteiger partial charge in [0.25, 0.3) is 0 Å². The summed E-state index contributed by atoms with van der Waals surface area (Å²) in [5, 5.41) is 5.75. The maximum Gasteiger partial charge on any atom is 0.143 e. The zero-order valence-corrected chi connectivity index (χ0v) is 14.3. The van der Waals surface area contributed by atoms with Crippen molar-refractivity contribution in [2.75, 3.05) is 0 Å². The van der Waals surface area contributed by atoms with Crippen molar-refractivity contribution in [3.05, 3.63) is 68.9 Å². The molecule has 0 saturated heterocycles. The normalized spacial score (nSPS) is 11.3. The highest BCUT2D eigenvalue weighted by Gasteiger charge is 2.18. The van der Waals surface area contributed by atoms with Crippen LogP contribution in [0, 0.1) is 6.92 Å². The Hall–Kier alpha value is -1.81. The fraction of sp³-hybridized carbons (Fsp3) is 0.0588. The summed E-state index contributed by atoms with van der Waals surface area (Å²) >= 11 is 18.4. The molecule has 23 heavy (non-hydrogen) atoms. The van der Waals surface area contributed by atoms with Gasteiger partial charge in [-0.1, -0.05) is 46.0 Å². The van der Waals surface area contributed by atoms with Gasteiger partial charge in [-0.15, -0.1) is 0 Å². The molecule has 1 aromatic heterocycles. The summed E-state index contributed by atoms with van der Waals surface area (Å²) in [7, 11) is 0. The first-order valence-electron chi connectivity index (χ1n) is 6.76. The van der Waals surface area contributed by atoms with Gasteiger partial charge in [0.2, 0.25) is 0 Å². The third-order valence-electron chi connectivity index (χ3n) is 3.28. The predicted molar refractivity (Wildman–Crippen MR) is 95.4 cm³/mol. The van der Waals surface area contributed by atoms with Crippen LogP contribution in [-0.4, -0.2) is 11.4 Å². The fourth-order valence-corrected chi connectivity index (χ4v) is 2.80. The maximum absolute atomic E-state index is 6.25. The number of halogens is 3.